The van der Waals surface area contributed by atoms with E-state index in [-0.39, 0.29) is 12.3 Å². The number of sulfonamides is 1. The first kappa shape index (κ1) is 26.3. The highest BCUT2D eigenvalue weighted by atomic mass is 127. The zero-order valence-corrected chi connectivity index (χ0v) is 22.5. The fraction of sp³-hybridized carbons (Fsp3) is 0.240. The fourth-order valence-corrected chi connectivity index (χ4v) is 5.33. The summed E-state index contributed by atoms with van der Waals surface area (Å²) in [5.74, 6) is -3.70. The van der Waals surface area contributed by atoms with Gasteiger partial charge in [-0.25, -0.2) is 22.7 Å². The Morgan fingerprint density at radius 1 is 1.03 bits per heavy atom. The van der Waals surface area contributed by atoms with Crippen molar-refractivity contribution in [1.82, 2.24) is 5.48 Å². The molecule has 0 spiro atoms. The summed E-state index contributed by atoms with van der Waals surface area (Å²) in [6.07, 6.45) is 1.96. The highest BCUT2D eigenvalue weighted by Crippen LogP contribution is 2.33. The number of amides is 1. The number of rotatable bonds is 9. The first-order valence-electron chi connectivity index (χ1n) is 11.1. The molecule has 3 N–H and O–H groups in total. The molecule has 0 radical (unpaired) electrons. The molecule has 190 valence electrons. The van der Waals surface area contributed by atoms with Crippen molar-refractivity contribution in [3.63, 3.8) is 0 Å². The van der Waals surface area contributed by atoms with Gasteiger partial charge in [0.05, 0.1) is 23.5 Å². The van der Waals surface area contributed by atoms with Crippen LogP contribution in [0, 0.1) is 35.0 Å². The molecule has 1 aliphatic rings. The molecule has 0 bridgehead atoms. The van der Waals surface area contributed by atoms with E-state index in [0.717, 1.165) is 28.0 Å². The van der Waals surface area contributed by atoms with E-state index in [2.05, 4.69) is 38.1 Å². The summed E-state index contributed by atoms with van der Waals surface area (Å²) in [5.41, 5.74) is 3.23. The second kappa shape index (κ2) is 10.7. The Kier molecular flexibility index (Phi) is 7.81. The maximum Gasteiger partial charge on any atom is 0.277 e. The Morgan fingerprint density at radius 3 is 2.42 bits per heavy atom. The quantitative estimate of drug-likeness (QED) is 0.206. The summed E-state index contributed by atoms with van der Waals surface area (Å²) in [6.45, 7) is 3.71. The number of para-hydroxylation sites is 1. The average molecular weight is 627 g/mol. The number of halogens is 3. The van der Waals surface area contributed by atoms with Crippen molar-refractivity contribution in [1.29, 1.82) is 0 Å². The number of carbonyl (C=O) groups is 1. The molecule has 0 atom stereocenters. The van der Waals surface area contributed by atoms with E-state index in [4.69, 9.17) is 4.84 Å². The van der Waals surface area contributed by atoms with Gasteiger partial charge < -0.3 is 5.32 Å². The largest absolute Gasteiger partial charge is 0.352 e. The molecule has 0 aliphatic heterocycles. The molecule has 3 aromatic carbocycles. The molecule has 0 aromatic heterocycles. The Balaban J connectivity index is 1.76. The van der Waals surface area contributed by atoms with E-state index in [1.54, 1.807) is 44.2 Å². The SMILES string of the molecule is Cc1cc(I)ccc1Nc1c(C(=O)NOCC2CC2)cc(S(=O)(=O)Nc2ccccc2C)c(F)c1F. The number of hydroxylamine groups is 1. The third-order valence-electron chi connectivity index (χ3n) is 5.73. The predicted molar refractivity (Wildman–Crippen MR) is 142 cm³/mol. The Labute approximate surface area is 221 Å². The van der Waals surface area contributed by atoms with Crippen molar-refractivity contribution in [2.45, 2.75) is 31.6 Å². The van der Waals surface area contributed by atoms with Crippen LogP contribution in [-0.4, -0.2) is 20.9 Å². The molecule has 3 aromatic rings. The van der Waals surface area contributed by atoms with E-state index < -0.39 is 43.7 Å². The fourth-order valence-electron chi connectivity index (χ4n) is 3.45. The van der Waals surface area contributed by atoms with Crippen molar-refractivity contribution in [2.75, 3.05) is 16.6 Å². The van der Waals surface area contributed by atoms with Gasteiger partial charge in [0.25, 0.3) is 15.9 Å². The summed E-state index contributed by atoms with van der Waals surface area (Å²) < 4.78 is 60.0. The van der Waals surface area contributed by atoms with E-state index in [0.29, 0.717) is 17.2 Å². The molecule has 36 heavy (non-hydrogen) atoms. The van der Waals surface area contributed by atoms with Gasteiger partial charge >= 0.3 is 0 Å². The molecule has 0 saturated heterocycles. The maximum atomic E-state index is 15.4. The number of carbonyl (C=O) groups excluding carboxylic acids is 1. The molecule has 1 amide bonds. The van der Waals surface area contributed by atoms with Crippen LogP contribution in [0.1, 0.15) is 34.3 Å². The molecule has 4 rings (SSSR count). The lowest BCUT2D eigenvalue weighted by molar-refractivity contribution is 0.0270. The monoisotopic (exact) mass is 627 g/mol. The van der Waals surface area contributed by atoms with Crippen LogP contribution in [0.4, 0.5) is 25.8 Å². The molecule has 11 heteroatoms. The van der Waals surface area contributed by atoms with E-state index in [1.807, 2.05) is 6.07 Å². The first-order chi connectivity index (χ1) is 17.1. The Bertz CT molecular complexity index is 1430. The summed E-state index contributed by atoms with van der Waals surface area (Å²) in [4.78, 5) is 17.2. The van der Waals surface area contributed by atoms with Gasteiger partial charge in [0, 0.05) is 9.26 Å². The minimum absolute atomic E-state index is 0.202. The molecular formula is C25H24F2IN3O4S. The maximum absolute atomic E-state index is 15.4. The van der Waals surface area contributed by atoms with Crippen molar-refractivity contribution in [3.8, 4) is 0 Å². The zero-order valence-electron chi connectivity index (χ0n) is 19.5. The van der Waals surface area contributed by atoms with Crippen LogP contribution in [0.5, 0.6) is 0 Å². The minimum atomic E-state index is -4.59. The van der Waals surface area contributed by atoms with E-state index >= 15 is 8.78 Å². The number of aryl methyl sites for hydroxylation is 2. The van der Waals surface area contributed by atoms with Gasteiger partial charge in [-0.2, -0.15) is 0 Å². The highest BCUT2D eigenvalue weighted by molar-refractivity contribution is 14.1. The van der Waals surface area contributed by atoms with E-state index in [9.17, 15) is 13.2 Å². The van der Waals surface area contributed by atoms with Gasteiger partial charge in [-0.05, 0) is 96.7 Å². The summed E-state index contributed by atoms with van der Waals surface area (Å²) >= 11 is 2.12. The zero-order chi connectivity index (χ0) is 26.0. The molecule has 0 heterocycles. The second-order valence-electron chi connectivity index (χ2n) is 8.62. The van der Waals surface area contributed by atoms with Gasteiger partial charge in [0.15, 0.2) is 11.6 Å². The van der Waals surface area contributed by atoms with Crippen molar-refractivity contribution in [3.05, 3.63) is 80.4 Å². The van der Waals surface area contributed by atoms with Crippen LogP contribution in [-0.2, 0) is 14.9 Å². The van der Waals surface area contributed by atoms with Crippen LogP contribution in [0.25, 0.3) is 0 Å². The number of anilines is 3. The predicted octanol–water partition coefficient (Wildman–Crippen LogP) is 5.80. The average Bonchev–Trinajstić information content (AvgIpc) is 3.64. The lowest BCUT2D eigenvalue weighted by Gasteiger charge is -2.18. The van der Waals surface area contributed by atoms with Crippen LogP contribution in [0.3, 0.4) is 0 Å². The van der Waals surface area contributed by atoms with Crippen molar-refractivity contribution >= 4 is 55.6 Å². The topological polar surface area (TPSA) is 96.5 Å². The van der Waals surface area contributed by atoms with E-state index in [1.165, 1.54) is 6.07 Å². The lowest BCUT2D eigenvalue weighted by atomic mass is 10.1. The molecule has 1 aliphatic carbocycles. The number of nitrogens with one attached hydrogen (secondary N) is 3. The van der Waals surface area contributed by atoms with Crippen LogP contribution < -0.4 is 15.5 Å². The third kappa shape index (κ3) is 5.95. The standard InChI is InChI=1S/C25H24F2IN3O4S/c1-14-5-3-4-6-20(14)31-36(33,34)21-12-18(25(32)30-35-13-16-7-8-16)24(23(27)22(21)26)29-19-10-9-17(28)11-15(19)2/h3-6,9-12,16,29,31H,7-8,13H2,1-2H3,(H,30,32). The van der Waals surface area contributed by atoms with Crippen LogP contribution in [0.2, 0.25) is 0 Å². The lowest BCUT2D eigenvalue weighted by Crippen LogP contribution is -2.27. The van der Waals surface area contributed by atoms with Gasteiger partial charge in [-0.15, -0.1) is 0 Å². The van der Waals surface area contributed by atoms with Crippen LogP contribution >= 0.6 is 22.6 Å². The summed E-state index contributed by atoms with van der Waals surface area (Å²) in [5, 5.41) is 2.76. The smallest absolute Gasteiger partial charge is 0.277 e. The molecule has 7 nitrogen and oxygen atoms in total. The van der Waals surface area contributed by atoms with Gasteiger partial charge in [-0.1, -0.05) is 18.2 Å². The third-order valence-corrected chi connectivity index (χ3v) is 7.76. The highest BCUT2D eigenvalue weighted by Gasteiger charge is 2.30. The molecule has 1 fully saturated rings. The van der Waals surface area contributed by atoms with Crippen LogP contribution in [0.15, 0.2) is 53.4 Å². The molecule has 1 saturated carbocycles. The number of hydrogen-bond acceptors (Lipinski definition) is 5. The first-order valence-corrected chi connectivity index (χ1v) is 13.7. The minimum Gasteiger partial charge on any atom is -0.352 e. The number of benzene rings is 3. The second-order valence-corrected chi connectivity index (χ2v) is 11.5. The Morgan fingerprint density at radius 2 is 1.75 bits per heavy atom. The van der Waals surface area contributed by atoms with Crippen molar-refractivity contribution in [2.24, 2.45) is 5.92 Å². The van der Waals surface area contributed by atoms with Crippen molar-refractivity contribution < 1.29 is 26.8 Å². The number of hydrogen-bond donors (Lipinski definition) is 3. The normalized spacial score (nSPS) is 13.4. The summed E-state index contributed by atoms with van der Waals surface area (Å²) in [7, 11) is -4.59. The Hall–Kier alpha value is -2.77. The van der Waals surface area contributed by atoms with Gasteiger partial charge in [-0.3, -0.25) is 14.4 Å². The summed E-state index contributed by atoms with van der Waals surface area (Å²) in [6, 6.07) is 12.5. The van der Waals surface area contributed by atoms with Gasteiger partial charge in [0.1, 0.15) is 4.90 Å². The van der Waals surface area contributed by atoms with Gasteiger partial charge in [0.2, 0.25) is 0 Å². The molecule has 0 unspecified atom stereocenters. The molecular weight excluding hydrogens is 603 g/mol.